The van der Waals surface area contributed by atoms with Crippen molar-refractivity contribution in [2.75, 3.05) is 50.9 Å². The van der Waals surface area contributed by atoms with E-state index in [1.54, 1.807) is 0 Å². The van der Waals surface area contributed by atoms with Gasteiger partial charge in [0.15, 0.2) is 0 Å². The van der Waals surface area contributed by atoms with Crippen molar-refractivity contribution in [1.82, 2.24) is 10.6 Å². The minimum atomic E-state index is -0.385. The van der Waals surface area contributed by atoms with Gasteiger partial charge >= 0.3 is 0 Å². The molecular weight excluding hydrogens is 282 g/mol. The first-order valence-electron chi connectivity index (χ1n) is 7.85. The number of para-hydroxylation sites is 1. The van der Waals surface area contributed by atoms with Gasteiger partial charge in [-0.2, -0.15) is 0 Å². The number of hydrogen-bond acceptors (Lipinski definition) is 5. The molecule has 2 N–H and O–H groups in total. The third-order valence-electron chi connectivity index (χ3n) is 4.02. The van der Waals surface area contributed by atoms with Crippen LogP contribution in [-0.4, -0.2) is 58.0 Å². The topological polar surface area (TPSA) is 62.8 Å². The number of rotatable bonds is 4. The minimum Gasteiger partial charge on any atom is -0.378 e. The summed E-state index contributed by atoms with van der Waals surface area (Å²) in [7, 11) is 0. The zero-order chi connectivity index (χ0) is 15.2. The summed E-state index contributed by atoms with van der Waals surface area (Å²) in [5.41, 5.74) is 2.30. The van der Waals surface area contributed by atoms with Crippen molar-refractivity contribution >= 4 is 11.6 Å². The summed E-state index contributed by atoms with van der Waals surface area (Å²) in [4.78, 5) is 14.5. The maximum absolute atomic E-state index is 12.1. The highest BCUT2D eigenvalue weighted by molar-refractivity contribution is 5.81. The zero-order valence-corrected chi connectivity index (χ0v) is 12.7. The highest BCUT2D eigenvalue weighted by Gasteiger charge is 2.22. The molecule has 1 aromatic carbocycles. The van der Waals surface area contributed by atoms with Crippen LogP contribution in [0, 0.1) is 0 Å². The largest absolute Gasteiger partial charge is 0.378 e. The van der Waals surface area contributed by atoms with Crippen molar-refractivity contribution in [2.24, 2.45) is 0 Å². The molecule has 2 heterocycles. The number of amides is 1. The third kappa shape index (κ3) is 3.76. The van der Waals surface area contributed by atoms with Crippen LogP contribution >= 0.6 is 0 Å². The molecule has 2 aliphatic heterocycles. The van der Waals surface area contributed by atoms with Crippen molar-refractivity contribution in [1.29, 1.82) is 0 Å². The van der Waals surface area contributed by atoms with Crippen molar-refractivity contribution in [3.8, 4) is 0 Å². The predicted octanol–water partition coefficient (Wildman–Crippen LogP) is 0.128. The SMILES string of the molecule is O=C(NCc1ccccc1N1CCOCC1)C1CNCCO1. The van der Waals surface area contributed by atoms with Crippen molar-refractivity contribution in [3.63, 3.8) is 0 Å². The highest BCUT2D eigenvalue weighted by atomic mass is 16.5. The molecule has 120 valence electrons. The molecule has 1 aromatic rings. The lowest BCUT2D eigenvalue weighted by Gasteiger charge is -2.31. The highest BCUT2D eigenvalue weighted by Crippen LogP contribution is 2.21. The molecule has 0 aromatic heterocycles. The first-order chi connectivity index (χ1) is 10.8. The molecule has 0 radical (unpaired) electrons. The molecule has 1 amide bonds. The monoisotopic (exact) mass is 305 g/mol. The molecule has 0 spiro atoms. The number of nitrogens with zero attached hydrogens (tertiary/aromatic N) is 1. The van der Waals surface area contributed by atoms with Gasteiger partial charge in [-0.1, -0.05) is 18.2 Å². The van der Waals surface area contributed by atoms with Crippen molar-refractivity contribution in [2.45, 2.75) is 12.6 Å². The lowest BCUT2D eigenvalue weighted by Crippen LogP contribution is -2.47. The Balaban J connectivity index is 1.60. The third-order valence-corrected chi connectivity index (χ3v) is 4.02. The Hall–Kier alpha value is -1.63. The van der Waals surface area contributed by atoms with Crippen LogP contribution in [-0.2, 0) is 20.8 Å². The fourth-order valence-corrected chi connectivity index (χ4v) is 2.80. The summed E-state index contributed by atoms with van der Waals surface area (Å²) in [5, 5.41) is 6.16. The van der Waals surface area contributed by atoms with Gasteiger partial charge in [-0.25, -0.2) is 0 Å². The fourth-order valence-electron chi connectivity index (χ4n) is 2.80. The second-order valence-electron chi connectivity index (χ2n) is 5.51. The Kier molecular flexibility index (Phi) is 5.26. The van der Waals surface area contributed by atoms with E-state index in [0.29, 0.717) is 19.7 Å². The minimum absolute atomic E-state index is 0.0519. The quantitative estimate of drug-likeness (QED) is 0.828. The maximum atomic E-state index is 12.1. The van der Waals surface area contributed by atoms with Gasteiger partial charge in [-0.05, 0) is 11.6 Å². The molecule has 1 unspecified atom stereocenters. The van der Waals surface area contributed by atoms with E-state index in [1.807, 2.05) is 12.1 Å². The van der Waals surface area contributed by atoms with Crippen LogP contribution < -0.4 is 15.5 Å². The summed E-state index contributed by atoms with van der Waals surface area (Å²) >= 11 is 0. The van der Waals surface area contributed by atoms with Crippen LogP contribution in [0.3, 0.4) is 0 Å². The summed E-state index contributed by atoms with van der Waals surface area (Å²) in [6.07, 6.45) is -0.385. The van der Waals surface area contributed by atoms with Gasteiger partial charge in [-0.15, -0.1) is 0 Å². The van der Waals surface area contributed by atoms with E-state index < -0.39 is 0 Å². The molecule has 2 aliphatic rings. The first kappa shape index (κ1) is 15.3. The zero-order valence-electron chi connectivity index (χ0n) is 12.7. The molecule has 6 heteroatoms. The van der Waals surface area contributed by atoms with Gasteiger partial charge in [0.1, 0.15) is 6.10 Å². The number of benzene rings is 1. The van der Waals surface area contributed by atoms with E-state index in [4.69, 9.17) is 9.47 Å². The number of ether oxygens (including phenoxy) is 2. The van der Waals surface area contributed by atoms with E-state index in [-0.39, 0.29) is 12.0 Å². The second kappa shape index (κ2) is 7.58. The molecule has 0 bridgehead atoms. The van der Waals surface area contributed by atoms with Crippen molar-refractivity contribution in [3.05, 3.63) is 29.8 Å². The van der Waals surface area contributed by atoms with E-state index >= 15 is 0 Å². The summed E-state index contributed by atoms with van der Waals surface area (Å²) < 4.78 is 10.9. The van der Waals surface area contributed by atoms with Crippen LogP contribution in [0.15, 0.2) is 24.3 Å². The number of carbonyl (C=O) groups is 1. The summed E-state index contributed by atoms with van der Waals surface area (Å²) in [6.45, 7) is 5.78. The van der Waals surface area contributed by atoms with Gasteiger partial charge in [0.05, 0.1) is 19.8 Å². The van der Waals surface area contributed by atoms with Crippen LogP contribution in [0.1, 0.15) is 5.56 Å². The van der Waals surface area contributed by atoms with Gasteiger partial charge < -0.3 is 25.0 Å². The molecule has 22 heavy (non-hydrogen) atoms. The van der Waals surface area contributed by atoms with Gasteiger partial charge in [-0.3, -0.25) is 4.79 Å². The van der Waals surface area contributed by atoms with E-state index in [0.717, 1.165) is 38.4 Å². The van der Waals surface area contributed by atoms with Crippen LogP contribution in [0.5, 0.6) is 0 Å². The molecule has 0 saturated carbocycles. The number of nitrogens with one attached hydrogen (secondary N) is 2. The maximum Gasteiger partial charge on any atom is 0.250 e. The van der Waals surface area contributed by atoms with E-state index in [1.165, 1.54) is 5.69 Å². The normalized spacial score (nSPS) is 22.4. The van der Waals surface area contributed by atoms with Crippen LogP contribution in [0.25, 0.3) is 0 Å². The molecule has 0 aliphatic carbocycles. The molecule has 2 fully saturated rings. The summed E-state index contributed by atoms with van der Waals surface area (Å²) in [5.74, 6) is -0.0519. The summed E-state index contributed by atoms with van der Waals surface area (Å²) in [6, 6.07) is 8.20. The predicted molar refractivity (Wildman–Crippen MR) is 83.9 cm³/mol. The van der Waals surface area contributed by atoms with E-state index in [9.17, 15) is 4.79 Å². The van der Waals surface area contributed by atoms with E-state index in [2.05, 4.69) is 27.7 Å². The Morgan fingerprint density at radius 2 is 2.09 bits per heavy atom. The van der Waals surface area contributed by atoms with Gasteiger partial charge in [0.2, 0.25) is 0 Å². The lowest BCUT2D eigenvalue weighted by molar-refractivity contribution is -0.134. The Morgan fingerprint density at radius 3 is 2.86 bits per heavy atom. The smallest absolute Gasteiger partial charge is 0.250 e. The standard InChI is InChI=1S/C16H23N3O3/c20-16(15-12-17-5-8-22-15)18-11-13-3-1-2-4-14(13)19-6-9-21-10-7-19/h1-4,15,17H,5-12H2,(H,18,20). The Morgan fingerprint density at radius 1 is 1.27 bits per heavy atom. The fraction of sp³-hybridized carbons (Fsp3) is 0.562. The second-order valence-corrected chi connectivity index (χ2v) is 5.51. The molecule has 1 atom stereocenters. The number of anilines is 1. The van der Waals surface area contributed by atoms with Gasteiger partial charge in [0.25, 0.3) is 5.91 Å². The molecule has 6 nitrogen and oxygen atoms in total. The number of hydrogen-bond donors (Lipinski definition) is 2. The van der Waals surface area contributed by atoms with Crippen LogP contribution in [0.2, 0.25) is 0 Å². The molecular formula is C16H23N3O3. The average molecular weight is 305 g/mol. The number of carbonyl (C=O) groups excluding carboxylic acids is 1. The molecule has 2 saturated heterocycles. The van der Waals surface area contributed by atoms with Gasteiger partial charge in [0, 0.05) is 38.4 Å². The Bertz CT molecular complexity index is 497. The average Bonchev–Trinajstić information content (AvgIpc) is 2.61. The lowest BCUT2D eigenvalue weighted by atomic mass is 10.1. The number of morpholine rings is 2. The Labute approximate surface area is 130 Å². The molecule has 3 rings (SSSR count). The first-order valence-corrected chi connectivity index (χ1v) is 7.85. The van der Waals surface area contributed by atoms with Crippen LogP contribution in [0.4, 0.5) is 5.69 Å². The van der Waals surface area contributed by atoms with Crippen molar-refractivity contribution < 1.29 is 14.3 Å².